The highest BCUT2D eigenvalue weighted by Crippen LogP contribution is 2.32. The number of ether oxygens (including phenoxy) is 1. The molecule has 2 aliphatic heterocycles. The number of hydrogen-bond acceptors (Lipinski definition) is 5. The molecule has 5 heteroatoms. The minimum absolute atomic E-state index is 0.409. The first kappa shape index (κ1) is 19.3. The molecule has 3 fully saturated rings. The Bertz CT molecular complexity index is 532. The number of rotatable bonds is 3. The Kier molecular flexibility index (Phi) is 6.74. The van der Waals surface area contributed by atoms with Gasteiger partial charge in [-0.15, -0.1) is 0 Å². The topological polar surface area (TPSA) is 62.5 Å². The molecule has 2 unspecified atom stereocenters. The van der Waals surface area contributed by atoms with Crippen LogP contribution in [0.5, 0.6) is 0 Å². The summed E-state index contributed by atoms with van der Waals surface area (Å²) in [6.07, 6.45) is 16.4. The molecule has 0 spiro atoms. The highest BCUT2D eigenvalue weighted by atomic mass is 16.5. The van der Waals surface area contributed by atoms with Crippen molar-refractivity contribution in [2.75, 3.05) is 32.8 Å². The van der Waals surface area contributed by atoms with Crippen LogP contribution in [0.3, 0.4) is 0 Å². The number of morpholine rings is 1. The Morgan fingerprint density at radius 3 is 2.59 bits per heavy atom. The Balaban J connectivity index is 1.53. The van der Waals surface area contributed by atoms with Crippen LogP contribution >= 0.6 is 0 Å². The summed E-state index contributed by atoms with van der Waals surface area (Å²) in [7, 11) is 0. The number of nitrogens with one attached hydrogen (secondary N) is 2. The van der Waals surface area contributed by atoms with Gasteiger partial charge in [-0.3, -0.25) is 0 Å². The molecule has 2 saturated heterocycles. The van der Waals surface area contributed by atoms with Crippen molar-refractivity contribution in [3.63, 3.8) is 0 Å². The van der Waals surface area contributed by atoms with Crippen LogP contribution in [0.4, 0.5) is 0 Å². The van der Waals surface area contributed by atoms with Crippen molar-refractivity contribution in [3.8, 4) is 0 Å². The Labute approximate surface area is 164 Å². The maximum Gasteiger partial charge on any atom is 0.0642 e. The maximum atomic E-state index is 6.13. The summed E-state index contributed by atoms with van der Waals surface area (Å²) in [6, 6.07) is 1.46. The number of nitrogens with zero attached hydrogens (tertiary/aromatic N) is 1. The van der Waals surface area contributed by atoms with Gasteiger partial charge in [-0.05, 0) is 57.2 Å². The zero-order valence-corrected chi connectivity index (χ0v) is 16.8. The molecule has 2 heterocycles. The summed E-state index contributed by atoms with van der Waals surface area (Å²) in [6.45, 7) is 4.84. The van der Waals surface area contributed by atoms with Crippen molar-refractivity contribution >= 4 is 0 Å². The maximum absolute atomic E-state index is 6.13. The minimum atomic E-state index is 0.409. The average molecular weight is 375 g/mol. The van der Waals surface area contributed by atoms with Gasteiger partial charge in [0.2, 0.25) is 0 Å². The van der Waals surface area contributed by atoms with Crippen molar-refractivity contribution in [1.82, 2.24) is 15.5 Å². The van der Waals surface area contributed by atoms with Crippen LogP contribution in [0.15, 0.2) is 23.5 Å². The normalized spacial score (nSPS) is 35.8. The monoisotopic (exact) mass is 374 g/mol. The molecule has 0 radical (unpaired) electrons. The molecular weight excluding hydrogens is 336 g/mol. The van der Waals surface area contributed by atoms with Gasteiger partial charge in [-0.25, -0.2) is 0 Å². The second kappa shape index (κ2) is 9.44. The molecule has 152 valence electrons. The average Bonchev–Trinajstić information content (AvgIpc) is 2.82. The van der Waals surface area contributed by atoms with Crippen molar-refractivity contribution in [3.05, 3.63) is 23.5 Å². The SMILES string of the molecule is N[C@H]1CC[C@@H](NC2=CC(N3CCOCC3)=CC3NCCCCCCC23)CC1. The fraction of sp³-hybridized carbons (Fsp3) is 0.818. The summed E-state index contributed by atoms with van der Waals surface area (Å²) in [5.41, 5.74) is 8.99. The van der Waals surface area contributed by atoms with Crippen molar-refractivity contribution in [1.29, 1.82) is 0 Å². The highest BCUT2D eigenvalue weighted by molar-refractivity contribution is 5.33. The summed E-state index contributed by atoms with van der Waals surface area (Å²) < 4.78 is 5.58. The van der Waals surface area contributed by atoms with E-state index in [4.69, 9.17) is 10.5 Å². The van der Waals surface area contributed by atoms with Crippen molar-refractivity contribution < 1.29 is 4.74 Å². The predicted octanol–water partition coefficient (Wildman–Crippen LogP) is 2.50. The molecule has 0 aromatic heterocycles. The number of hydrogen-bond donors (Lipinski definition) is 3. The third-order valence-electron chi connectivity index (χ3n) is 6.83. The number of allylic oxidation sites excluding steroid dienone is 1. The lowest BCUT2D eigenvalue weighted by molar-refractivity contribution is 0.0546. The van der Waals surface area contributed by atoms with Crippen molar-refractivity contribution in [2.24, 2.45) is 11.7 Å². The zero-order valence-electron chi connectivity index (χ0n) is 16.8. The second-order valence-corrected chi connectivity index (χ2v) is 8.84. The Hall–Kier alpha value is -1.04. The Morgan fingerprint density at radius 1 is 1.00 bits per heavy atom. The van der Waals surface area contributed by atoms with Gasteiger partial charge in [-0.2, -0.15) is 0 Å². The predicted molar refractivity (Wildman–Crippen MR) is 110 cm³/mol. The number of nitrogens with two attached hydrogens (primary N) is 1. The molecule has 1 saturated carbocycles. The van der Waals surface area contributed by atoms with E-state index in [0.717, 1.165) is 45.7 Å². The zero-order chi connectivity index (χ0) is 18.5. The van der Waals surface area contributed by atoms with Gasteiger partial charge in [0, 0.05) is 48.5 Å². The van der Waals surface area contributed by atoms with E-state index in [9.17, 15) is 0 Å². The molecule has 2 atom stereocenters. The van der Waals surface area contributed by atoms with E-state index in [-0.39, 0.29) is 0 Å². The van der Waals surface area contributed by atoms with Gasteiger partial charge in [0.05, 0.1) is 13.2 Å². The first-order valence-electron chi connectivity index (χ1n) is 11.3. The minimum Gasteiger partial charge on any atom is -0.385 e. The second-order valence-electron chi connectivity index (χ2n) is 8.84. The van der Waals surface area contributed by atoms with Gasteiger partial charge < -0.3 is 26.0 Å². The fourth-order valence-corrected chi connectivity index (χ4v) is 5.12. The van der Waals surface area contributed by atoms with Crippen LogP contribution in [-0.2, 0) is 4.74 Å². The number of fused-ring (bicyclic) bond motifs is 1. The first-order valence-corrected chi connectivity index (χ1v) is 11.3. The van der Waals surface area contributed by atoms with Gasteiger partial charge in [0.15, 0.2) is 0 Å². The molecular formula is C22H38N4O. The van der Waals surface area contributed by atoms with Crippen LogP contribution in [0.1, 0.15) is 57.8 Å². The van der Waals surface area contributed by atoms with Gasteiger partial charge >= 0.3 is 0 Å². The summed E-state index contributed by atoms with van der Waals surface area (Å²) in [5, 5.41) is 7.85. The molecule has 4 N–H and O–H groups in total. The molecule has 0 aromatic carbocycles. The molecule has 0 aromatic rings. The summed E-state index contributed by atoms with van der Waals surface area (Å²) in [5.74, 6) is 0.587. The largest absolute Gasteiger partial charge is 0.385 e. The van der Waals surface area contributed by atoms with Crippen molar-refractivity contribution in [2.45, 2.75) is 75.9 Å². The first-order chi connectivity index (χ1) is 13.3. The van der Waals surface area contributed by atoms with Gasteiger partial charge in [0.1, 0.15) is 0 Å². The lowest BCUT2D eigenvalue weighted by Crippen LogP contribution is -2.46. The van der Waals surface area contributed by atoms with Crippen LogP contribution in [0, 0.1) is 5.92 Å². The fourth-order valence-electron chi connectivity index (χ4n) is 5.12. The molecule has 0 amide bonds. The third-order valence-corrected chi connectivity index (χ3v) is 6.83. The van der Waals surface area contributed by atoms with E-state index in [0.29, 0.717) is 24.0 Å². The lowest BCUT2D eigenvalue weighted by atomic mass is 9.84. The van der Waals surface area contributed by atoms with Crippen LogP contribution < -0.4 is 16.4 Å². The van der Waals surface area contributed by atoms with E-state index in [2.05, 4.69) is 27.7 Å². The van der Waals surface area contributed by atoms with E-state index >= 15 is 0 Å². The smallest absolute Gasteiger partial charge is 0.0642 e. The molecule has 2 aliphatic carbocycles. The summed E-state index contributed by atoms with van der Waals surface area (Å²) in [4.78, 5) is 2.51. The molecule has 27 heavy (non-hydrogen) atoms. The van der Waals surface area contributed by atoms with E-state index in [1.165, 1.54) is 56.3 Å². The highest BCUT2D eigenvalue weighted by Gasteiger charge is 2.31. The quantitative estimate of drug-likeness (QED) is 0.708. The summed E-state index contributed by atoms with van der Waals surface area (Å²) >= 11 is 0. The van der Waals surface area contributed by atoms with E-state index in [1.807, 2.05) is 0 Å². The molecule has 4 aliphatic rings. The van der Waals surface area contributed by atoms with Crippen LogP contribution in [0.25, 0.3) is 0 Å². The van der Waals surface area contributed by atoms with Crippen LogP contribution in [-0.4, -0.2) is 55.9 Å². The standard InChI is InChI=1S/C22H38N4O/c23-17-6-8-18(9-7-17)25-22-16-19(26-11-13-27-14-12-26)15-21-20(22)5-3-1-2-4-10-24-21/h15-18,20-21,24-25H,1-14,23H2/t17-,18+,20?,21?. The Morgan fingerprint density at radius 2 is 1.78 bits per heavy atom. The van der Waals surface area contributed by atoms with Gasteiger partial charge in [0.25, 0.3) is 0 Å². The molecule has 4 rings (SSSR count). The molecule has 5 nitrogen and oxygen atoms in total. The molecule has 0 bridgehead atoms. The van der Waals surface area contributed by atoms with Crippen LogP contribution in [0.2, 0.25) is 0 Å². The lowest BCUT2D eigenvalue weighted by Gasteiger charge is -2.39. The third kappa shape index (κ3) is 5.07. The van der Waals surface area contributed by atoms with E-state index in [1.54, 1.807) is 0 Å². The van der Waals surface area contributed by atoms with Gasteiger partial charge in [-0.1, -0.05) is 19.3 Å². The van der Waals surface area contributed by atoms with E-state index < -0.39 is 0 Å².